The molecule has 0 fully saturated rings. The smallest absolute Gasteiger partial charge is 0.339 e. The van der Waals surface area contributed by atoms with Crippen molar-refractivity contribution in [1.82, 2.24) is 0 Å². The van der Waals surface area contributed by atoms with E-state index in [0.29, 0.717) is 12.4 Å². The van der Waals surface area contributed by atoms with Crippen LogP contribution in [-0.2, 0) is 5.41 Å². The van der Waals surface area contributed by atoms with Crippen LogP contribution in [0, 0.1) is 6.92 Å². The van der Waals surface area contributed by atoms with Gasteiger partial charge < -0.3 is 19.3 Å². The molecule has 0 spiro atoms. The molecule has 0 saturated carbocycles. The Labute approximate surface area is 154 Å². The highest BCUT2D eigenvalue weighted by molar-refractivity contribution is 5.91. The molecule has 26 heavy (non-hydrogen) atoms. The predicted octanol–water partition coefficient (Wildman–Crippen LogP) is 4.46. The SMILES string of the molecule is COc1ccc(C(=O)O)c(OCCOc2c(C)cccc2C(C)(C)C)c1. The van der Waals surface area contributed by atoms with Crippen LogP contribution in [0.2, 0.25) is 0 Å². The Kier molecular flexibility index (Phi) is 6.14. The number of carboxylic acids is 1. The molecule has 2 aromatic carbocycles. The standard InChI is InChI=1S/C21H26O5/c1-14-7-6-8-17(21(2,3)4)19(14)26-12-11-25-18-13-15(24-5)9-10-16(18)20(22)23/h6-10,13H,11-12H2,1-5H3,(H,22,23). The number of hydrogen-bond donors (Lipinski definition) is 1. The largest absolute Gasteiger partial charge is 0.497 e. The van der Waals surface area contributed by atoms with E-state index >= 15 is 0 Å². The number of methoxy groups -OCH3 is 1. The molecule has 0 aliphatic carbocycles. The van der Waals surface area contributed by atoms with Crippen LogP contribution in [0.15, 0.2) is 36.4 Å². The second kappa shape index (κ2) is 8.13. The van der Waals surface area contributed by atoms with Gasteiger partial charge in [0.05, 0.1) is 7.11 Å². The van der Waals surface area contributed by atoms with Gasteiger partial charge in [-0.3, -0.25) is 0 Å². The maximum absolute atomic E-state index is 11.3. The number of aryl methyl sites for hydroxylation is 1. The van der Waals surface area contributed by atoms with Crippen molar-refractivity contribution in [3.8, 4) is 17.2 Å². The average molecular weight is 358 g/mol. The van der Waals surface area contributed by atoms with E-state index in [-0.39, 0.29) is 23.3 Å². The van der Waals surface area contributed by atoms with Crippen molar-refractivity contribution in [2.45, 2.75) is 33.1 Å². The summed E-state index contributed by atoms with van der Waals surface area (Å²) in [6.07, 6.45) is 0. The minimum absolute atomic E-state index is 0.0362. The first-order valence-electron chi connectivity index (χ1n) is 8.51. The molecule has 140 valence electrons. The van der Waals surface area contributed by atoms with Crippen molar-refractivity contribution < 1.29 is 24.1 Å². The van der Waals surface area contributed by atoms with Crippen LogP contribution in [0.3, 0.4) is 0 Å². The minimum atomic E-state index is -1.04. The maximum Gasteiger partial charge on any atom is 0.339 e. The second-order valence-corrected chi connectivity index (χ2v) is 7.07. The molecule has 1 N–H and O–H groups in total. The van der Waals surface area contributed by atoms with Gasteiger partial charge in [-0.1, -0.05) is 39.0 Å². The highest BCUT2D eigenvalue weighted by Crippen LogP contribution is 2.33. The number of benzene rings is 2. The van der Waals surface area contributed by atoms with E-state index < -0.39 is 5.97 Å². The molecule has 0 aromatic heterocycles. The molecule has 0 heterocycles. The van der Waals surface area contributed by atoms with Crippen LogP contribution >= 0.6 is 0 Å². The first-order valence-corrected chi connectivity index (χ1v) is 8.51. The fraction of sp³-hybridized carbons (Fsp3) is 0.381. The number of para-hydroxylation sites is 1. The van der Waals surface area contributed by atoms with Crippen LogP contribution < -0.4 is 14.2 Å². The number of rotatable bonds is 7. The number of aromatic carboxylic acids is 1. The Morgan fingerprint density at radius 1 is 1.08 bits per heavy atom. The summed E-state index contributed by atoms with van der Waals surface area (Å²) in [4.78, 5) is 11.3. The Balaban J connectivity index is 2.08. The van der Waals surface area contributed by atoms with Crippen molar-refractivity contribution in [2.24, 2.45) is 0 Å². The van der Waals surface area contributed by atoms with E-state index in [2.05, 4.69) is 26.8 Å². The Morgan fingerprint density at radius 3 is 2.38 bits per heavy atom. The number of ether oxygens (including phenoxy) is 3. The molecule has 0 aliphatic heterocycles. The Bertz CT molecular complexity index is 774. The van der Waals surface area contributed by atoms with Crippen molar-refractivity contribution in [2.75, 3.05) is 20.3 Å². The number of carbonyl (C=O) groups is 1. The summed E-state index contributed by atoms with van der Waals surface area (Å²) < 4.78 is 16.7. The fourth-order valence-electron chi connectivity index (χ4n) is 2.66. The van der Waals surface area contributed by atoms with Crippen molar-refractivity contribution in [3.63, 3.8) is 0 Å². The van der Waals surface area contributed by atoms with Crippen molar-refractivity contribution >= 4 is 5.97 Å². The van der Waals surface area contributed by atoms with E-state index in [9.17, 15) is 9.90 Å². The summed E-state index contributed by atoms with van der Waals surface area (Å²) in [5.41, 5.74) is 2.25. The third-order valence-electron chi connectivity index (χ3n) is 4.03. The van der Waals surface area contributed by atoms with Crippen LogP contribution in [0.1, 0.15) is 42.3 Å². The molecule has 0 atom stereocenters. The highest BCUT2D eigenvalue weighted by Gasteiger charge is 2.20. The van der Waals surface area contributed by atoms with Gasteiger partial charge in [0, 0.05) is 6.07 Å². The minimum Gasteiger partial charge on any atom is -0.497 e. The first kappa shape index (κ1) is 19.6. The average Bonchev–Trinajstić information content (AvgIpc) is 2.58. The van der Waals surface area contributed by atoms with Crippen molar-refractivity contribution in [1.29, 1.82) is 0 Å². The summed E-state index contributed by atoms with van der Waals surface area (Å²) in [6, 6.07) is 10.7. The van der Waals surface area contributed by atoms with E-state index in [1.54, 1.807) is 12.1 Å². The maximum atomic E-state index is 11.3. The zero-order valence-electron chi connectivity index (χ0n) is 16.0. The lowest BCUT2D eigenvalue weighted by Gasteiger charge is -2.24. The van der Waals surface area contributed by atoms with Crippen molar-refractivity contribution in [3.05, 3.63) is 53.1 Å². The van der Waals surface area contributed by atoms with Crippen LogP contribution in [-0.4, -0.2) is 31.4 Å². The van der Waals surface area contributed by atoms with Gasteiger partial charge in [-0.15, -0.1) is 0 Å². The van der Waals surface area contributed by atoms with E-state index in [4.69, 9.17) is 14.2 Å². The molecular weight excluding hydrogens is 332 g/mol. The third kappa shape index (κ3) is 4.69. The molecule has 0 bridgehead atoms. The molecule has 5 heteroatoms. The second-order valence-electron chi connectivity index (χ2n) is 7.07. The molecule has 2 rings (SSSR count). The third-order valence-corrected chi connectivity index (χ3v) is 4.03. The fourth-order valence-corrected chi connectivity index (χ4v) is 2.66. The summed E-state index contributed by atoms with van der Waals surface area (Å²) in [7, 11) is 1.52. The van der Waals surface area contributed by atoms with Gasteiger partial charge in [0.25, 0.3) is 0 Å². The Morgan fingerprint density at radius 2 is 1.77 bits per heavy atom. The molecule has 2 aromatic rings. The van der Waals surface area contributed by atoms with Gasteiger partial charge in [0.2, 0.25) is 0 Å². The summed E-state index contributed by atoms with van der Waals surface area (Å²) in [5, 5.41) is 9.27. The van der Waals surface area contributed by atoms with Crippen LogP contribution in [0.4, 0.5) is 0 Å². The molecule has 5 nitrogen and oxygen atoms in total. The van der Waals surface area contributed by atoms with Crippen LogP contribution in [0.5, 0.6) is 17.2 Å². The summed E-state index contributed by atoms with van der Waals surface area (Å²) >= 11 is 0. The lowest BCUT2D eigenvalue weighted by atomic mass is 9.85. The molecule has 0 amide bonds. The lowest BCUT2D eigenvalue weighted by molar-refractivity contribution is 0.0691. The predicted molar refractivity (Wildman–Crippen MR) is 101 cm³/mol. The summed E-state index contributed by atoms with van der Waals surface area (Å²) in [5.74, 6) is 0.617. The van der Waals surface area contributed by atoms with Gasteiger partial charge >= 0.3 is 5.97 Å². The number of carboxylic acid groups (broad SMARTS) is 1. The number of hydrogen-bond acceptors (Lipinski definition) is 4. The zero-order chi connectivity index (χ0) is 19.3. The van der Waals surface area contributed by atoms with Gasteiger partial charge in [0.15, 0.2) is 0 Å². The van der Waals surface area contributed by atoms with Gasteiger partial charge in [-0.05, 0) is 35.6 Å². The molecular formula is C21H26O5. The quantitative estimate of drug-likeness (QED) is 0.741. The van der Waals surface area contributed by atoms with E-state index in [0.717, 1.165) is 16.9 Å². The first-order chi connectivity index (χ1) is 12.2. The summed E-state index contributed by atoms with van der Waals surface area (Å²) in [6.45, 7) is 8.97. The van der Waals surface area contributed by atoms with Gasteiger partial charge in [-0.25, -0.2) is 4.79 Å². The molecule has 0 unspecified atom stereocenters. The molecule has 0 saturated heterocycles. The monoisotopic (exact) mass is 358 g/mol. The highest BCUT2D eigenvalue weighted by atomic mass is 16.5. The topological polar surface area (TPSA) is 65.0 Å². The molecule has 0 aliphatic rings. The van der Waals surface area contributed by atoms with Gasteiger partial charge in [0.1, 0.15) is 36.0 Å². The lowest BCUT2D eigenvalue weighted by Crippen LogP contribution is -2.17. The van der Waals surface area contributed by atoms with Gasteiger partial charge in [-0.2, -0.15) is 0 Å². The normalized spacial score (nSPS) is 11.1. The Hall–Kier alpha value is -2.69. The zero-order valence-corrected chi connectivity index (χ0v) is 16.0. The van der Waals surface area contributed by atoms with E-state index in [1.807, 2.05) is 19.1 Å². The molecule has 0 radical (unpaired) electrons. The van der Waals surface area contributed by atoms with Crippen LogP contribution in [0.25, 0.3) is 0 Å². The van der Waals surface area contributed by atoms with E-state index in [1.165, 1.54) is 13.2 Å².